The lowest BCUT2D eigenvalue weighted by Gasteiger charge is -2.30. The van der Waals surface area contributed by atoms with E-state index in [1.165, 1.54) is 0 Å². The van der Waals surface area contributed by atoms with Crippen molar-refractivity contribution >= 4 is 0 Å². The predicted molar refractivity (Wildman–Crippen MR) is 134 cm³/mol. The fourth-order valence-corrected chi connectivity index (χ4v) is 5.64. The van der Waals surface area contributed by atoms with Crippen LogP contribution in [0.2, 0.25) is 0 Å². The molecule has 0 radical (unpaired) electrons. The van der Waals surface area contributed by atoms with Crippen molar-refractivity contribution in [2.75, 3.05) is 6.61 Å². The average molecular weight is 491 g/mol. The number of hydrogen-bond donors (Lipinski definition) is 0. The van der Waals surface area contributed by atoms with Gasteiger partial charge in [0.2, 0.25) is 0 Å². The summed E-state index contributed by atoms with van der Waals surface area (Å²) >= 11 is 0. The molecule has 5 heteroatoms. The van der Waals surface area contributed by atoms with Crippen molar-refractivity contribution in [3.63, 3.8) is 0 Å². The van der Waals surface area contributed by atoms with Crippen LogP contribution in [0.25, 0.3) is 0 Å². The van der Waals surface area contributed by atoms with E-state index in [-0.39, 0.29) is 29.8 Å². The van der Waals surface area contributed by atoms with Crippen LogP contribution in [0.3, 0.4) is 0 Å². The van der Waals surface area contributed by atoms with Crippen molar-refractivity contribution in [3.8, 4) is 0 Å². The van der Waals surface area contributed by atoms with Crippen molar-refractivity contribution < 1.29 is 22.3 Å². The smallest absolute Gasteiger partial charge is 0.200 e. The Kier molecular flexibility index (Phi) is 9.82. The molecule has 1 aromatic rings. The highest BCUT2D eigenvalue weighted by atomic mass is 19.2. The molecule has 35 heavy (non-hydrogen) atoms. The van der Waals surface area contributed by atoms with Crippen LogP contribution in [0, 0.1) is 23.5 Å². The van der Waals surface area contributed by atoms with E-state index in [0.29, 0.717) is 35.8 Å². The highest BCUT2D eigenvalue weighted by Crippen LogP contribution is 2.42. The third-order valence-corrected chi connectivity index (χ3v) is 7.89. The molecule has 0 aromatic heterocycles. The molecule has 0 atom stereocenters. The summed E-state index contributed by atoms with van der Waals surface area (Å²) in [4.78, 5) is 0. The van der Waals surface area contributed by atoms with E-state index in [1.807, 2.05) is 6.08 Å². The van der Waals surface area contributed by atoms with Gasteiger partial charge in [-0.3, -0.25) is 0 Å². The second-order valence-corrected chi connectivity index (χ2v) is 10.1. The van der Waals surface area contributed by atoms with E-state index in [4.69, 9.17) is 4.74 Å². The van der Waals surface area contributed by atoms with Gasteiger partial charge in [0.05, 0.1) is 6.61 Å². The molecule has 2 fully saturated rings. The first-order valence-electron chi connectivity index (χ1n) is 12.9. The Hall–Kier alpha value is -2.30. The molecular weight excluding hydrogens is 452 g/mol. The molecule has 0 N–H and O–H groups in total. The maximum absolute atomic E-state index is 15.1. The van der Waals surface area contributed by atoms with Gasteiger partial charge in [-0.2, -0.15) is 4.39 Å². The Morgan fingerprint density at radius 3 is 1.89 bits per heavy atom. The summed E-state index contributed by atoms with van der Waals surface area (Å²) in [6.07, 6.45) is 9.84. The van der Waals surface area contributed by atoms with Crippen LogP contribution < -0.4 is 0 Å². The van der Waals surface area contributed by atoms with Gasteiger partial charge in [0, 0.05) is 0 Å². The predicted octanol–water partition coefficient (Wildman–Crippen LogP) is 9.74. The zero-order chi connectivity index (χ0) is 25.5. The molecule has 0 aliphatic heterocycles. The molecule has 2 saturated carbocycles. The van der Waals surface area contributed by atoms with Crippen LogP contribution in [-0.4, -0.2) is 6.61 Å². The lowest BCUT2D eigenvalue weighted by atomic mass is 9.75. The average Bonchev–Trinajstić information content (AvgIpc) is 2.88. The van der Waals surface area contributed by atoms with Crippen LogP contribution >= 0.6 is 0 Å². The zero-order valence-electron chi connectivity index (χ0n) is 20.9. The number of halogens is 4. The Morgan fingerprint density at radius 1 is 0.886 bits per heavy atom. The van der Waals surface area contributed by atoms with Crippen molar-refractivity contribution in [2.45, 2.75) is 83.0 Å². The first kappa shape index (κ1) is 27.3. The van der Waals surface area contributed by atoms with Crippen LogP contribution in [0.1, 0.15) is 94.1 Å². The summed E-state index contributed by atoms with van der Waals surface area (Å²) in [6.45, 7) is 12.8. The van der Waals surface area contributed by atoms with Crippen LogP contribution in [-0.2, 0) is 4.74 Å². The van der Waals surface area contributed by atoms with Gasteiger partial charge < -0.3 is 4.74 Å². The largest absolute Gasteiger partial charge is 0.491 e. The molecule has 0 amide bonds. The van der Waals surface area contributed by atoms with Gasteiger partial charge in [0.15, 0.2) is 29.0 Å². The number of allylic oxidation sites excluding steroid dienone is 4. The summed E-state index contributed by atoms with van der Waals surface area (Å²) in [7, 11) is 0. The molecule has 0 spiro atoms. The molecule has 192 valence electrons. The van der Waals surface area contributed by atoms with Crippen molar-refractivity contribution in [2.24, 2.45) is 11.8 Å². The summed E-state index contributed by atoms with van der Waals surface area (Å²) in [5.41, 5.74) is 1.07. The fraction of sp³-hybridized carbons (Fsp3) is 0.533. The minimum absolute atomic E-state index is 0.0157. The van der Waals surface area contributed by atoms with Crippen molar-refractivity contribution in [1.82, 2.24) is 0 Å². The molecule has 0 bridgehead atoms. The van der Waals surface area contributed by atoms with Crippen molar-refractivity contribution in [3.05, 3.63) is 83.7 Å². The van der Waals surface area contributed by atoms with E-state index in [0.717, 1.165) is 51.4 Å². The third-order valence-electron chi connectivity index (χ3n) is 7.89. The van der Waals surface area contributed by atoms with E-state index < -0.39 is 23.3 Å². The normalized spacial score (nSPS) is 25.5. The number of ether oxygens (including phenoxy) is 1. The molecule has 1 nitrogen and oxygen atoms in total. The first-order chi connectivity index (χ1) is 16.8. The Labute approximate surface area is 207 Å². The summed E-state index contributed by atoms with van der Waals surface area (Å²) in [5.74, 6) is -2.95. The first-order valence-corrected chi connectivity index (χ1v) is 12.9. The van der Waals surface area contributed by atoms with Gasteiger partial charge in [0.1, 0.15) is 0 Å². The lowest BCUT2D eigenvalue weighted by Crippen LogP contribution is -2.17. The highest BCUT2D eigenvalue weighted by Gasteiger charge is 2.29. The Balaban J connectivity index is 1.54. The summed E-state index contributed by atoms with van der Waals surface area (Å²) in [6, 6.07) is 3.58. The molecule has 2 aliphatic carbocycles. The second kappa shape index (κ2) is 12.6. The number of rotatable bonds is 10. The van der Waals surface area contributed by atoms with Gasteiger partial charge in [-0.15, -0.1) is 6.58 Å². The van der Waals surface area contributed by atoms with Crippen LogP contribution in [0.5, 0.6) is 0 Å². The topological polar surface area (TPSA) is 9.23 Å². The maximum Gasteiger partial charge on any atom is 0.200 e. The standard InChI is InChI=1S/C30H38F4O/c1-5-21-9-13-23(14-10-21)25-17-18-26(30(34)29(25)33)24-15-11-22(12-16-24)8-7-19(3)27(31)28(32)20(4)35-6-2/h5,17-18,21-24H,1,3-4,6-16H2,2H3/b28-27-. The second-order valence-electron chi connectivity index (χ2n) is 10.1. The van der Waals surface area contributed by atoms with Crippen LogP contribution in [0.4, 0.5) is 17.6 Å². The number of hydrogen-bond acceptors (Lipinski definition) is 1. The Morgan fingerprint density at radius 2 is 1.40 bits per heavy atom. The van der Waals surface area contributed by atoms with Crippen LogP contribution in [0.15, 0.2) is 60.9 Å². The molecule has 0 saturated heterocycles. The van der Waals surface area contributed by atoms with E-state index in [1.54, 1.807) is 19.1 Å². The van der Waals surface area contributed by atoms with E-state index in [9.17, 15) is 8.78 Å². The van der Waals surface area contributed by atoms with Gasteiger partial charge in [0.25, 0.3) is 0 Å². The molecule has 3 rings (SSSR count). The molecular formula is C30H38F4O. The highest BCUT2D eigenvalue weighted by molar-refractivity contribution is 5.33. The van der Waals surface area contributed by atoms with Gasteiger partial charge in [-0.05, 0) is 112 Å². The Bertz CT molecular complexity index is 947. The lowest BCUT2D eigenvalue weighted by molar-refractivity contribution is 0.224. The van der Waals surface area contributed by atoms with Gasteiger partial charge >= 0.3 is 0 Å². The monoisotopic (exact) mass is 490 g/mol. The third kappa shape index (κ3) is 6.68. The number of benzene rings is 1. The quantitative estimate of drug-likeness (QED) is 0.137. The summed E-state index contributed by atoms with van der Waals surface area (Å²) < 4.78 is 63.3. The molecule has 0 unspecified atom stereocenters. The minimum Gasteiger partial charge on any atom is -0.491 e. The zero-order valence-corrected chi connectivity index (χ0v) is 20.9. The molecule has 2 aliphatic rings. The van der Waals surface area contributed by atoms with Gasteiger partial charge in [-0.1, -0.05) is 31.4 Å². The fourth-order valence-electron chi connectivity index (χ4n) is 5.64. The van der Waals surface area contributed by atoms with E-state index in [2.05, 4.69) is 19.7 Å². The SMILES string of the molecule is C=CC1CCC(c2ccc(C3CCC(CCC(=C)/C(F)=C(/F)C(=C)OCC)CC3)c(F)c2F)CC1. The van der Waals surface area contributed by atoms with E-state index >= 15 is 8.78 Å². The van der Waals surface area contributed by atoms with Crippen molar-refractivity contribution in [1.29, 1.82) is 0 Å². The molecule has 1 aromatic carbocycles. The minimum atomic E-state index is -1.10. The maximum atomic E-state index is 15.1. The summed E-state index contributed by atoms with van der Waals surface area (Å²) in [5, 5.41) is 0. The molecule has 0 heterocycles. The van der Waals surface area contributed by atoms with Gasteiger partial charge in [-0.25, -0.2) is 13.2 Å².